The molecule has 1 N–H and O–H groups in total. The minimum Gasteiger partial charge on any atom is -0.350 e. The number of pyridine rings is 1. The van der Waals surface area contributed by atoms with E-state index < -0.39 is 0 Å². The van der Waals surface area contributed by atoms with Crippen molar-refractivity contribution in [3.05, 3.63) is 64.4 Å². The first-order valence-corrected chi connectivity index (χ1v) is 9.30. The zero-order valence-electron chi connectivity index (χ0n) is 14.6. The fraction of sp³-hybridized carbons (Fsp3) is 0.350. The van der Waals surface area contributed by atoms with Crippen molar-refractivity contribution in [1.82, 2.24) is 15.2 Å². The second kappa shape index (κ2) is 8.81. The van der Waals surface area contributed by atoms with Crippen LogP contribution in [0.3, 0.4) is 0 Å². The summed E-state index contributed by atoms with van der Waals surface area (Å²) in [5.74, 6) is -0.376. The molecule has 1 aromatic heterocycles. The zero-order valence-corrected chi connectivity index (χ0v) is 15.3. The first-order chi connectivity index (χ1) is 12.6. The number of piperidine rings is 1. The number of aromatic nitrogens is 1. The van der Waals surface area contributed by atoms with Crippen LogP contribution in [-0.2, 0) is 6.42 Å². The standard InChI is InChI=1S/C20H22ClN3O2/c21-16-7-4-6-15(14-16)10-11-22-19(25)17-8-5-9-18(23-17)20(26)24-12-2-1-3-13-24/h4-9,14H,1-3,10-13H2,(H,22,25). The Morgan fingerprint density at radius 2 is 1.77 bits per heavy atom. The van der Waals surface area contributed by atoms with Crippen LogP contribution in [0.25, 0.3) is 0 Å². The number of carbonyl (C=O) groups excluding carboxylic acids is 2. The Bertz CT molecular complexity index is 788. The molecule has 1 aliphatic rings. The van der Waals surface area contributed by atoms with Gasteiger partial charge in [-0.1, -0.05) is 29.8 Å². The van der Waals surface area contributed by atoms with Gasteiger partial charge in [-0.25, -0.2) is 4.98 Å². The highest BCUT2D eigenvalue weighted by Gasteiger charge is 2.20. The summed E-state index contributed by atoms with van der Waals surface area (Å²) < 4.78 is 0. The number of likely N-dealkylation sites (tertiary alicyclic amines) is 1. The van der Waals surface area contributed by atoms with E-state index >= 15 is 0 Å². The molecule has 136 valence electrons. The molecular weight excluding hydrogens is 350 g/mol. The summed E-state index contributed by atoms with van der Waals surface area (Å²) in [7, 11) is 0. The number of hydrogen-bond acceptors (Lipinski definition) is 3. The van der Waals surface area contributed by atoms with Gasteiger partial charge in [0.1, 0.15) is 11.4 Å². The molecule has 0 bridgehead atoms. The molecule has 5 nitrogen and oxygen atoms in total. The number of nitrogens with one attached hydrogen (secondary N) is 1. The van der Waals surface area contributed by atoms with Crippen molar-refractivity contribution in [2.24, 2.45) is 0 Å². The van der Waals surface area contributed by atoms with Crippen LogP contribution in [0.4, 0.5) is 0 Å². The van der Waals surface area contributed by atoms with Crippen LogP contribution in [-0.4, -0.2) is 41.3 Å². The molecule has 0 unspecified atom stereocenters. The lowest BCUT2D eigenvalue weighted by atomic mass is 10.1. The number of carbonyl (C=O) groups is 2. The second-order valence-corrected chi connectivity index (χ2v) is 6.83. The van der Waals surface area contributed by atoms with E-state index in [1.54, 1.807) is 18.2 Å². The molecule has 1 fully saturated rings. The van der Waals surface area contributed by atoms with Crippen LogP contribution in [0.15, 0.2) is 42.5 Å². The lowest BCUT2D eigenvalue weighted by molar-refractivity contribution is 0.0718. The van der Waals surface area contributed by atoms with Gasteiger partial charge in [-0.2, -0.15) is 0 Å². The maximum absolute atomic E-state index is 12.5. The molecule has 1 aromatic carbocycles. The first-order valence-electron chi connectivity index (χ1n) is 8.92. The molecule has 2 amide bonds. The summed E-state index contributed by atoms with van der Waals surface area (Å²) in [5, 5.41) is 3.52. The molecule has 26 heavy (non-hydrogen) atoms. The van der Waals surface area contributed by atoms with Crippen molar-refractivity contribution >= 4 is 23.4 Å². The summed E-state index contributed by atoms with van der Waals surface area (Å²) in [5.41, 5.74) is 1.65. The van der Waals surface area contributed by atoms with Crippen molar-refractivity contribution in [3.8, 4) is 0 Å². The summed E-state index contributed by atoms with van der Waals surface area (Å²) in [6.45, 7) is 2.00. The lowest BCUT2D eigenvalue weighted by Crippen LogP contribution is -2.36. The quantitative estimate of drug-likeness (QED) is 0.876. The van der Waals surface area contributed by atoms with Gasteiger partial charge < -0.3 is 10.2 Å². The van der Waals surface area contributed by atoms with Gasteiger partial charge in [0, 0.05) is 24.7 Å². The predicted octanol–water partition coefficient (Wildman–Crippen LogP) is 3.33. The molecule has 0 saturated carbocycles. The third kappa shape index (κ3) is 4.82. The monoisotopic (exact) mass is 371 g/mol. The number of hydrogen-bond donors (Lipinski definition) is 1. The molecule has 3 rings (SSSR count). The van der Waals surface area contributed by atoms with E-state index in [4.69, 9.17) is 11.6 Å². The van der Waals surface area contributed by atoms with E-state index in [9.17, 15) is 9.59 Å². The van der Waals surface area contributed by atoms with Crippen LogP contribution in [0, 0.1) is 0 Å². The molecule has 2 aromatic rings. The highest BCUT2D eigenvalue weighted by Crippen LogP contribution is 2.13. The van der Waals surface area contributed by atoms with E-state index in [0.717, 1.165) is 37.9 Å². The van der Waals surface area contributed by atoms with Crippen molar-refractivity contribution in [1.29, 1.82) is 0 Å². The largest absolute Gasteiger partial charge is 0.350 e. The van der Waals surface area contributed by atoms with Gasteiger partial charge in [-0.05, 0) is 55.5 Å². The first kappa shape index (κ1) is 18.4. The Morgan fingerprint density at radius 3 is 2.54 bits per heavy atom. The van der Waals surface area contributed by atoms with Crippen LogP contribution >= 0.6 is 11.6 Å². The molecule has 6 heteroatoms. The molecule has 0 radical (unpaired) electrons. The summed E-state index contributed by atoms with van der Waals surface area (Å²) in [6, 6.07) is 12.5. The maximum atomic E-state index is 12.5. The van der Waals surface area contributed by atoms with E-state index in [1.807, 2.05) is 29.2 Å². The minimum atomic E-state index is -0.277. The van der Waals surface area contributed by atoms with E-state index in [-0.39, 0.29) is 17.5 Å². The van der Waals surface area contributed by atoms with Gasteiger partial charge in [-0.3, -0.25) is 9.59 Å². The summed E-state index contributed by atoms with van der Waals surface area (Å²) >= 11 is 5.96. The van der Waals surface area contributed by atoms with Crippen molar-refractivity contribution in [2.45, 2.75) is 25.7 Å². The molecule has 0 aliphatic carbocycles. The SMILES string of the molecule is O=C(NCCc1cccc(Cl)c1)c1cccc(C(=O)N2CCCCC2)n1. The van der Waals surface area contributed by atoms with Crippen molar-refractivity contribution < 1.29 is 9.59 Å². The van der Waals surface area contributed by atoms with Crippen LogP contribution in [0.5, 0.6) is 0 Å². The third-order valence-electron chi connectivity index (χ3n) is 4.43. The number of halogens is 1. The fourth-order valence-electron chi connectivity index (χ4n) is 3.04. The lowest BCUT2D eigenvalue weighted by Gasteiger charge is -2.26. The third-order valence-corrected chi connectivity index (χ3v) is 4.67. The molecule has 2 heterocycles. The normalized spacial score (nSPS) is 14.1. The number of rotatable bonds is 5. The number of amides is 2. The molecule has 0 atom stereocenters. The summed E-state index contributed by atoms with van der Waals surface area (Å²) in [4.78, 5) is 30.9. The average Bonchev–Trinajstić information content (AvgIpc) is 2.68. The average molecular weight is 372 g/mol. The van der Waals surface area contributed by atoms with Gasteiger partial charge in [0.05, 0.1) is 0 Å². The predicted molar refractivity (Wildman–Crippen MR) is 101 cm³/mol. The highest BCUT2D eigenvalue weighted by molar-refractivity contribution is 6.30. The highest BCUT2D eigenvalue weighted by atomic mass is 35.5. The number of nitrogens with zero attached hydrogens (tertiary/aromatic N) is 2. The smallest absolute Gasteiger partial charge is 0.272 e. The molecule has 0 spiro atoms. The Balaban J connectivity index is 1.58. The fourth-order valence-corrected chi connectivity index (χ4v) is 3.26. The Labute approximate surface area is 158 Å². The molecule has 1 aliphatic heterocycles. The van der Waals surface area contributed by atoms with Crippen LogP contribution < -0.4 is 5.32 Å². The van der Waals surface area contributed by atoms with Crippen molar-refractivity contribution in [2.75, 3.05) is 19.6 Å². The topological polar surface area (TPSA) is 62.3 Å². The Morgan fingerprint density at radius 1 is 1.04 bits per heavy atom. The van der Waals surface area contributed by atoms with E-state index in [2.05, 4.69) is 10.3 Å². The van der Waals surface area contributed by atoms with Gasteiger partial charge >= 0.3 is 0 Å². The minimum absolute atomic E-state index is 0.0988. The van der Waals surface area contributed by atoms with Gasteiger partial charge in [-0.15, -0.1) is 0 Å². The summed E-state index contributed by atoms with van der Waals surface area (Å²) in [6.07, 6.45) is 3.88. The number of benzene rings is 1. The zero-order chi connectivity index (χ0) is 18.4. The second-order valence-electron chi connectivity index (χ2n) is 6.40. The maximum Gasteiger partial charge on any atom is 0.272 e. The van der Waals surface area contributed by atoms with Gasteiger partial charge in [0.25, 0.3) is 11.8 Å². The van der Waals surface area contributed by atoms with E-state index in [0.29, 0.717) is 23.7 Å². The van der Waals surface area contributed by atoms with Gasteiger partial charge in [0.2, 0.25) is 0 Å². The molecular formula is C20H22ClN3O2. The van der Waals surface area contributed by atoms with Crippen molar-refractivity contribution in [3.63, 3.8) is 0 Å². The van der Waals surface area contributed by atoms with E-state index in [1.165, 1.54) is 0 Å². The Kier molecular flexibility index (Phi) is 6.23. The Hall–Kier alpha value is -2.40. The van der Waals surface area contributed by atoms with Crippen LogP contribution in [0.2, 0.25) is 5.02 Å². The van der Waals surface area contributed by atoms with Gasteiger partial charge in [0.15, 0.2) is 0 Å². The molecule has 1 saturated heterocycles. The van der Waals surface area contributed by atoms with Crippen LogP contribution in [0.1, 0.15) is 45.8 Å².